The second kappa shape index (κ2) is 12.1. The molecule has 3 N–H and O–H groups in total. The number of rotatable bonds is 8. The Morgan fingerprint density at radius 3 is 2.32 bits per heavy atom. The maximum Gasteiger partial charge on any atom is 0.324 e. The smallest absolute Gasteiger partial charge is 0.320 e. The van der Waals surface area contributed by atoms with E-state index in [2.05, 4.69) is 5.32 Å². The summed E-state index contributed by atoms with van der Waals surface area (Å²) in [5, 5.41) is 11.0. The van der Waals surface area contributed by atoms with E-state index in [4.69, 9.17) is 5.21 Å². The van der Waals surface area contributed by atoms with E-state index in [-0.39, 0.29) is 18.9 Å². The highest BCUT2D eigenvalue weighted by Gasteiger charge is 2.18. The summed E-state index contributed by atoms with van der Waals surface area (Å²) in [7, 11) is 0. The van der Waals surface area contributed by atoms with Crippen LogP contribution >= 0.6 is 0 Å². The van der Waals surface area contributed by atoms with Gasteiger partial charge in [-0.1, -0.05) is 54.6 Å². The highest BCUT2D eigenvalue weighted by molar-refractivity contribution is 6.04. The zero-order chi connectivity index (χ0) is 24.3. The van der Waals surface area contributed by atoms with Crippen LogP contribution in [0.5, 0.6) is 0 Å². The molecule has 0 heterocycles. The number of hydrogen-bond donors (Lipinski definition) is 3. The number of nitrogens with zero attached hydrogens (tertiary/aromatic N) is 1. The van der Waals surface area contributed by atoms with Gasteiger partial charge in [-0.3, -0.25) is 20.1 Å². The third-order valence-electron chi connectivity index (χ3n) is 4.99. The minimum Gasteiger partial charge on any atom is -0.320 e. The summed E-state index contributed by atoms with van der Waals surface area (Å²) in [4.78, 5) is 38.0. The average molecular weight is 461 g/mol. The number of nitrogens with one attached hydrogen (secondary N) is 2. The lowest BCUT2D eigenvalue weighted by atomic mass is 10.1. The highest BCUT2D eigenvalue weighted by Crippen LogP contribution is 2.12. The molecule has 0 radical (unpaired) electrons. The molecule has 0 aliphatic carbocycles. The summed E-state index contributed by atoms with van der Waals surface area (Å²) in [5.41, 5.74) is 4.13. The molecule has 0 unspecified atom stereocenters. The minimum atomic E-state index is -0.646. The van der Waals surface area contributed by atoms with Crippen molar-refractivity contribution in [2.45, 2.75) is 13.0 Å². The number of carbonyl (C=O) groups excluding carboxylic acids is 3. The molecule has 3 rings (SSSR count). The highest BCUT2D eigenvalue weighted by atomic mass is 19.1. The van der Waals surface area contributed by atoms with Gasteiger partial charge in [0.2, 0.25) is 0 Å². The number of benzene rings is 3. The molecule has 174 valence electrons. The third kappa shape index (κ3) is 7.39. The molecule has 0 saturated carbocycles. The number of imide groups is 1. The van der Waals surface area contributed by atoms with E-state index in [0.717, 1.165) is 16.7 Å². The zero-order valence-corrected chi connectivity index (χ0v) is 18.3. The first kappa shape index (κ1) is 24.3. The number of amides is 4. The second-order valence-corrected chi connectivity index (χ2v) is 7.48. The molecular formula is C26H24FN3O4. The van der Waals surface area contributed by atoms with E-state index >= 15 is 0 Å². The molecule has 3 aromatic carbocycles. The number of carbonyl (C=O) groups is 3. The first-order valence-corrected chi connectivity index (χ1v) is 10.6. The van der Waals surface area contributed by atoms with Crippen LogP contribution in [0.15, 0.2) is 84.9 Å². The lowest BCUT2D eigenvalue weighted by molar-refractivity contribution is -0.124. The minimum absolute atomic E-state index is 0.213. The Hall–Kier alpha value is -4.30. The maximum atomic E-state index is 13.5. The molecule has 0 saturated heterocycles. The van der Waals surface area contributed by atoms with E-state index in [9.17, 15) is 18.8 Å². The van der Waals surface area contributed by atoms with Crippen LogP contribution in [0.1, 0.15) is 27.0 Å². The van der Waals surface area contributed by atoms with Crippen LogP contribution in [0.3, 0.4) is 0 Å². The van der Waals surface area contributed by atoms with Gasteiger partial charge in [-0.2, -0.15) is 0 Å². The molecule has 0 aliphatic rings. The van der Waals surface area contributed by atoms with Gasteiger partial charge in [-0.05, 0) is 53.5 Å². The van der Waals surface area contributed by atoms with Crippen LogP contribution in [-0.4, -0.2) is 34.5 Å². The molecule has 8 heteroatoms. The van der Waals surface area contributed by atoms with Gasteiger partial charge in [0.25, 0.3) is 11.8 Å². The molecule has 0 fully saturated rings. The second-order valence-electron chi connectivity index (χ2n) is 7.48. The third-order valence-corrected chi connectivity index (χ3v) is 4.99. The fraction of sp³-hybridized carbons (Fsp3) is 0.115. The Kier molecular flexibility index (Phi) is 8.65. The van der Waals surface area contributed by atoms with Crippen LogP contribution < -0.4 is 10.8 Å². The summed E-state index contributed by atoms with van der Waals surface area (Å²) in [6.45, 7) is 0.472. The molecule has 0 spiro atoms. The van der Waals surface area contributed by atoms with Gasteiger partial charge in [-0.25, -0.2) is 14.7 Å². The monoisotopic (exact) mass is 461 g/mol. The predicted octanol–water partition coefficient (Wildman–Crippen LogP) is 3.94. The van der Waals surface area contributed by atoms with Crippen molar-refractivity contribution in [2.24, 2.45) is 0 Å². The van der Waals surface area contributed by atoms with Crippen molar-refractivity contribution in [3.05, 3.63) is 113 Å². The van der Waals surface area contributed by atoms with Gasteiger partial charge >= 0.3 is 6.03 Å². The van der Waals surface area contributed by atoms with E-state index in [1.807, 2.05) is 0 Å². The molecule has 7 nitrogen and oxygen atoms in total. The molecule has 0 atom stereocenters. The fourth-order valence-corrected chi connectivity index (χ4v) is 3.21. The van der Waals surface area contributed by atoms with Gasteiger partial charge in [-0.15, -0.1) is 0 Å². The quantitative estimate of drug-likeness (QED) is 0.269. The summed E-state index contributed by atoms with van der Waals surface area (Å²) in [5.74, 6) is -1.51. The average Bonchev–Trinajstić information content (AvgIpc) is 2.86. The Bertz CT molecular complexity index is 1160. The lowest BCUT2D eigenvalue weighted by Crippen LogP contribution is -2.43. The Morgan fingerprint density at radius 2 is 1.65 bits per heavy atom. The van der Waals surface area contributed by atoms with Crippen LogP contribution in [0, 0.1) is 5.82 Å². The maximum absolute atomic E-state index is 13.5. The molecule has 3 aromatic rings. The van der Waals surface area contributed by atoms with Crippen molar-refractivity contribution in [1.82, 2.24) is 15.7 Å². The van der Waals surface area contributed by atoms with Crippen LogP contribution in [0.25, 0.3) is 6.08 Å². The standard InChI is InChI=1S/C26H24FN3O4/c27-23-8-4-5-20(17-23)15-16-30(26(33)28-25(32)22-6-2-1-3-7-22)18-21-11-9-19(10-12-21)13-14-24(31)29-34/h1-14,17,34H,15-16,18H2,(H,29,31)(H,28,32,33)/b14-13+. The van der Waals surface area contributed by atoms with Crippen molar-refractivity contribution in [1.29, 1.82) is 0 Å². The zero-order valence-electron chi connectivity index (χ0n) is 18.3. The largest absolute Gasteiger partial charge is 0.324 e. The van der Waals surface area contributed by atoms with E-state index in [1.165, 1.54) is 34.7 Å². The van der Waals surface area contributed by atoms with Crippen molar-refractivity contribution in [3.8, 4) is 0 Å². The molecule has 0 aliphatic heterocycles. The summed E-state index contributed by atoms with van der Waals surface area (Å²) < 4.78 is 13.5. The fourth-order valence-electron chi connectivity index (χ4n) is 3.21. The van der Waals surface area contributed by atoms with Gasteiger partial charge in [0.1, 0.15) is 5.82 Å². The van der Waals surface area contributed by atoms with Crippen molar-refractivity contribution in [2.75, 3.05) is 6.54 Å². The SMILES string of the molecule is O=C(/C=C/c1ccc(CN(CCc2cccc(F)c2)C(=O)NC(=O)c2ccccc2)cc1)NO. The van der Waals surface area contributed by atoms with Crippen LogP contribution in [-0.2, 0) is 17.8 Å². The Balaban J connectivity index is 1.72. The normalized spacial score (nSPS) is 10.6. The number of urea groups is 1. The number of halogens is 1. The van der Waals surface area contributed by atoms with Gasteiger partial charge in [0.05, 0.1) is 0 Å². The van der Waals surface area contributed by atoms with E-state index in [0.29, 0.717) is 12.0 Å². The number of hydroxylamine groups is 1. The van der Waals surface area contributed by atoms with Crippen molar-refractivity contribution in [3.63, 3.8) is 0 Å². The van der Waals surface area contributed by atoms with Gasteiger partial charge < -0.3 is 4.90 Å². The van der Waals surface area contributed by atoms with Gasteiger partial charge in [0.15, 0.2) is 0 Å². The Labute approximate surface area is 196 Å². The topological polar surface area (TPSA) is 98.7 Å². The molecule has 34 heavy (non-hydrogen) atoms. The summed E-state index contributed by atoms with van der Waals surface area (Å²) >= 11 is 0. The molecular weight excluding hydrogens is 437 g/mol. The van der Waals surface area contributed by atoms with Crippen LogP contribution in [0.2, 0.25) is 0 Å². The lowest BCUT2D eigenvalue weighted by Gasteiger charge is -2.23. The van der Waals surface area contributed by atoms with E-state index in [1.54, 1.807) is 66.7 Å². The van der Waals surface area contributed by atoms with Gasteiger partial charge in [0, 0.05) is 24.7 Å². The number of hydrogen-bond acceptors (Lipinski definition) is 4. The summed E-state index contributed by atoms with van der Waals surface area (Å²) in [6, 6.07) is 21.1. The summed E-state index contributed by atoms with van der Waals surface area (Å²) in [6.07, 6.45) is 3.12. The predicted molar refractivity (Wildman–Crippen MR) is 125 cm³/mol. The van der Waals surface area contributed by atoms with E-state index < -0.39 is 17.8 Å². The van der Waals surface area contributed by atoms with Crippen molar-refractivity contribution >= 4 is 23.9 Å². The first-order valence-electron chi connectivity index (χ1n) is 10.6. The molecule has 0 aromatic heterocycles. The van der Waals surface area contributed by atoms with Crippen LogP contribution in [0.4, 0.5) is 9.18 Å². The first-order chi connectivity index (χ1) is 16.4. The molecule has 4 amide bonds. The Morgan fingerprint density at radius 1 is 0.912 bits per heavy atom. The molecule has 0 bridgehead atoms. The van der Waals surface area contributed by atoms with Crippen molar-refractivity contribution < 1.29 is 24.0 Å².